The van der Waals surface area contributed by atoms with Crippen LogP contribution in [-0.4, -0.2) is 35.0 Å². The van der Waals surface area contributed by atoms with Crippen LogP contribution in [0.1, 0.15) is 18.1 Å². The minimum Gasteiger partial charge on any atom is -0.480 e. The van der Waals surface area contributed by atoms with Crippen molar-refractivity contribution in [2.24, 2.45) is 0 Å². The number of carbonyl (C=O) groups is 3. The zero-order chi connectivity index (χ0) is 21.6. The zero-order valence-corrected chi connectivity index (χ0v) is 16.9. The van der Waals surface area contributed by atoms with E-state index >= 15 is 0 Å². The molecule has 0 aliphatic heterocycles. The van der Waals surface area contributed by atoms with Gasteiger partial charge in [-0.05, 0) is 35.4 Å². The summed E-state index contributed by atoms with van der Waals surface area (Å²) in [5, 5.41) is 14.9. The first kappa shape index (κ1) is 22.6. The molecule has 154 valence electrons. The molecule has 0 fully saturated rings. The van der Waals surface area contributed by atoms with Crippen LogP contribution in [0.15, 0.2) is 42.5 Å². The van der Waals surface area contributed by atoms with Crippen LogP contribution >= 0.6 is 23.2 Å². The lowest BCUT2D eigenvalue weighted by atomic mass is 10.0. The summed E-state index contributed by atoms with van der Waals surface area (Å²) in [6.45, 7) is 1.23. The van der Waals surface area contributed by atoms with Crippen LogP contribution in [0.25, 0.3) is 0 Å². The van der Waals surface area contributed by atoms with Crippen LogP contribution in [0.4, 0.5) is 4.39 Å². The van der Waals surface area contributed by atoms with Gasteiger partial charge in [-0.3, -0.25) is 9.59 Å². The van der Waals surface area contributed by atoms with Crippen molar-refractivity contribution < 1.29 is 23.9 Å². The van der Waals surface area contributed by atoms with Crippen LogP contribution in [0.3, 0.4) is 0 Å². The van der Waals surface area contributed by atoms with E-state index < -0.39 is 35.7 Å². The maximum absolute atomic E-state index is 13.4. The van der Waals surface area contributed by atoms with Gasteiger partial charge in [0.05, 0.1) is 0 Å². The van der Waals surface area contributed by atoms with E-state index in [0.29, 0.717) is 11.1 Å². The van der Waals surface area contributed by atoms with E-state index in [1.54, 1.807) is 24.3 Å². The number of benzene rings is 2. The molecule has 0 bridgehead atoms. The highest BCUT2D eigenvalue weighted by Crippen LogP contribution is 2.25. The normalized spacial score (nSPS) is 12.7. The highest BCUT2D eigenvalue weighted by Gasteiger charge is 2.27. The van der Waals surface area contributed by atoms with E-state index in [-0.39, 0.29) is 22.9 Å². The van der Waals surface area contributed by atoms with Crippen LogP contribution in [0.2, 0.25) is 10.0 Å². The summed E-state index contributed by atoms with van der Waals surface area (Å²) >= 11 is 12.2. The first-order chi connectivity index (χ1) is 13.7. The first-order valence-corrected chi connectivity index (χ1v) is 9.40. The molecule has 2 rings (SSSR count). The number of carboxylic acids is 1. The Morgan fingerprint density at radius 3 is 2.17 bits per heavy atom. The Kier molecular flexibility index (Phi) is 7.99. The van der Waals surface area contributed by atoms with E-state index in [1.165, 1.54) is 25.1 Å². The third-order valence-electron chi connectivity index (χ3n) is 4.11. The van der Waals surface area contributed by atoms with Gasteiger partial charge in [-0.25, -0.2) is 9.18 Å². The Bertz CT molecular complexity index is 903. The highest BCUT2D eigenvalue weighted by atomic mass is 35.5. The summed E-state index contributed by atoms with van der Waals surface area (Å²) < 4.78 is 13.4. The van der Waals surface area contributed by atoms with Crippen LogP contribution < -0.4 is 10.6 Å². The number of hydrogen-bond donors (Lipinski definition) is 3. The van der Waals surface area contributed by atoms with Gasteiger partial charge in [0.25, 0.3) is 0 Å². The minimum atomic E-state index is -1.33. The maximum atomic E-state index is 13.4. The largest absolute Gasteiger partial charge is 0.480 e. The fraction of sp³-hybridized carbons (Fsp3) is 0.250. The molecule has 9 heteroatoms. The Balaban J connectivity index is 2.19. The fourth-order valence-corrected chi connectivity index (χ4v) is 3.31. The second kappa shape index (κ2) is 10.2. The zero-order valence-electron chi connectivity index (χ0n) is 15.4. The van der Waals surface area contributed by atoms with Gasteiger partial charge in [-0.2, -0.15) is 0 Å². The Morgan fingerprint density at radius 2 is 1.62 bits per heavy atom. The molecule has 2 aromatic carbocycles. The number of amides is 2. The molecule has 6 nitrogen and oxygen atoms in total. The molecule has 0 heterocycles. The average Bonchev–Trinajstić information content (AvgIpc) is 2.62. The van der Waals surface area contributed by atoms with E-state index in [1.807, 2.05) is 0 Å². The number of aliphatic carboxylic acids is 1. The number of rotatable bonds is 8. The number of nitrogens with one attached hydrogen (secondary N) is 2. The van der Waals surface area contributed by atoms with Gasteiger partial charge in [0.2, 0.25) is 11.8 Å². The lowest BCUT2D eigenvalue weighted by Crippen LogP contribution is -2.52. The first-order valence-electron chi connectivity index (χ1n) is 8.65. The molecule has 29 heavy (non-hydrogen) atoms. The van der Waals surface area contributed by atoms with E-state index in [0.717, 1.165) is 0 Å². The highest BCUT2D eigenvalue weighted by molar-refractivity contribution is 6.36. The molecule has 0 spiro atoms. The maximum Gasteiger partial charge on any atom is 0.326 e. The second-order valence-corrected chi connectivity index (χ2v) is 7.21. The molecule has 0 saturated carbocycles. The number of carboxylic acid groups (broad SMARTS) is 1. The fourth-order valence-electron chi connectivity index (χ4n) is 2.76. The van der Waals surface area contributed by atoms with Crippen LogP contribution in [-0.2, 0) is 27.2 Å². The van der Waals surface area contributed by atoms with Crippen molar-refractivity contribution in [3.05, 3.63) is 69.5 Å². The van der Waals surface area contributed by atoms with E-state index in [2.05, 4.69) is 10.6 Å². The standard InChI is InChI=1S/C20H19Cl2FN2O4/c1-11(26)24-17(9-12-4-2-5-13(23)8-12)19(27)25-18(20(28)29)10-14-15(21)6-3-7-16(14)22/h2-8,17-18H,9-10H2,1H3,(H,24,26)(H,25,27)(H,28,29)/t17-,18-/m1/s1. The SMILES string of the molecule is CC(=O)N[C@H](Cc1cccc(F)c1)C(=O)N[C@H](Cc1c(Cl)cccc1Cl)C(=O)O. The lowest BCUT2D eigenvalue weighted by Gasteiger charge is -2.22. The molecule has 2 aromatic rings. The number of hydrogen-bond acceptors (Lipinski definition) is 3. The average molecular weight is 441 g/mol. The van der Waals surface area contributed by atoms with Gasteiger partial charge >= 0.3 is 5.97 Å². The second-order valence-electron chi connectivity index (χ2n) is 6.39. The third kappa shape index (κ3) is 6.73. The summed E-state index contributed by atoms with van der Waals surface area (Å²) in [6.07, 6.45) is -0.158. The van der Waals surface area contributed by atoms with Crippen molar-refractivity contribution >= 4 is 41.0 Å². The molecule has 0 aliphatic rings. The molecular weight excluding hydrogens is 422 g/mol. The molecule has 0 aromatic heterocycles. The van der Waals surface area contributed by atoms with Gasteiger partial charge in [-0.1, -0.05) is 41.4 Å². The quantitative estimate of drug-likeness (QED) is 0.587. The monoisotopic (exact) mass is 440 g/mol. The molecule has 0 saturated heterocycles. The smallest absolute Gasteiger partial charge is 0.326 e. The van der Waals surface area contributed by atoms with E-state index in [9.17, 15) is 23.9 Å². The predicted octanol–water partition coefficient (Wildman–Crippen LogP) is 2.99. The topological polar surface area (TPSA) is 95.5 Å². The molecule has 2 amide bonds. The van der Waals surface area contributed by atoms with E-state index in [4.69, 9.17) is 23.2 Å². The lowest BCUT2D eigenvalue weighted by molar-refractivity contribution is -0.142. The van der Waals surface area contributed by atoms with Gasteiger partial charge in [-0.15, -0.1) is 0 Å². The molecule has 0 radical (unpaired) electrons. The van der Waals surface area contributed by atoms with Gasteiger partial charge in [0, 0.05) is 29.8 Å². The molecule has 0 unspecified atom stereocenters. The van der Waals surface area contributed by atoms with Crippen molar-refractivity contribution in [3.63, 3.8) is 0 Å². The van der Waals surface area contributed by atoms with Gasteiger partial charge in [0.1, 0.15) is 17.9 Å². The Morgan fingerprint density at radius 1 is 1.00 bits per heavy atom. The molecule has 0 aliphatic carbocycles. The summed E-state index contributed by atoms with van der Waals surface area (Å²) in [6, 6.07) is 7.90. The number of carbonyl (C=O) groups excluding carboxylic acids is 2. The van der Waals surface area contributed by atoms with Gasteiger partial charge < -0.3 is 15.7 Å². The van der Waals surface area contributed by atoms with Gasteiger partial charge in [0.15, 0.2) is 0 Å². The van der Waals surface area contributed by atoms with Crippen molar-refractivity contribution in [3.8, 4) is 0 Å². The Labute approximate surface area is 177 Å². The van der Waals surface area contributed by atoms with Crippen molar-refractivity contribution in [1.82, 2.24) is 10.6 Å². The summed E-state index contributed by atoms with van der Waals surface area (Å²) in [4.78, 5) is 35.9. The van der Waals surface area contributed by atoms with Crippen molar-refractivity contribution in [2.75, 3.05) is 0 Å². The predicted molar refractivity (Wildman–Crippen MR) is 107 cm³/mol. The third-order valence-corrected chi connectivity index (χ3v) is 4.82. The molecule has 3 N–H and O–H groups in total. The summed E-state index contributed by atoms with van der Waals surface area (Å²) in [5.41, 5.74) is 0.852. The molecule has 2 atom stereocenters. The van der Waals surface area contributed by atoms with Crippen LogP contribution in [0.5, 0.6) is 0 Å². The van der Waals surface area contributed by atoms with Crippen molar-refractivity contribution in [2.45, 2.75) is 31.8 Å². The summed E-state index contributed by atoms with van der Waals surface area (Å²) in [7, 11) is 0. The minimum absolute atomic E-state index is 0.0115. The number of halogens is 3. The summed E-state index contributed by atoms with van der Waals surface area (Å²) in [5.74, 6) is -2.98. The van der Waals surface area contributed by atoms with Crippen LogP contribution in [0, 0.1) is 5.82 Å². The van der Waals surface area contributed by atoms with Crippen molar-refractivity contribution in [1.29, 1.82) is 0 Å². The molecular formula is C20H19Cl2FN2O4. The Hall–Kier alpha value is -2.64.